The van der Waals surface area contributed by atoms with Gasteiger partial charge in [-0.1, -0.05) is 29.3 Å². The van der Waals surface area contributed by atoms with Gasteiger partial charge in [-0.2, -0.15) is 0 Å². The number of unbranched alkanes of at least 4 members (excludes halogenated alkanes) is 1. The summed E-state index contributed by atoms with van der Waals surface area (Å²) < 4.78 is 14.2. The number of anilines is 1. The number of halogens is 2. The van der Waals surface area contributed by atoms with Crippen LogP contribution in [0.4, 0.5) is 10.1 Å². The summed E-state index contributed by atoms with van der Waals surface area (Å²) in [5.41, 5.74) is 0.668. The fraction of sp³-hybridized carbons (Fsp3) is 0.455. The number of benzene rings is 1. The molecule has 0 atom stereocenters. The molecule has 0 radical (unpaired) electrons. The molecule has 0 saturated carbocycles. The number of rotatable bonds is 4. The lowest BCUT2D eigenvalue weighted by atomic mass is 10.2. The van der Waals surface area contributed by atoms with Crippen LogP contribution in [0.5, 0.6) is 0 Å². The van der Waals surface area contributed by atoms with Crippen molar-refractivity contribution >= 4 is 21.6 Å². The second kappa shape index (κ2) is 5.35. The Morgan fingerprint density at radius 2 is 2.14 bits per heavy atom. The smallest absolute Gasteiger partial charge is 0.147 e. The molecule has 0 aliphatic carbocycles. The van der Waals surface area contributed by atoms with Crippen LogP contribution in [0.2, 0.25) is 0 Å². The van der Waals surface area contributed by atoms with Gasteiger partial charge in [0.1, 0.15) is 5.82 Å². The van der Waals surface area contributed by atoms with Crippen LogP contribution in [0.3, 0.4) is 0 Å². The van der Waals surface area contributed by atoms with Crippen molar-refractivity contribution < 1.29 is 4.39 Å². The van der Waals surface area contributed by atoms with Gasteiger partial charge in [-0.25, -0.2) is 4.39 Å². The lowest BCUT2D eigenvalue weighted by Crippen LogP contribution is -2.19. The van der Waals surface area contributed by atoms with Gasteiger partial charge in [-0.05, 0) is 24.6 Å². The van der Waals surface area contributed by atoms with E-state index in [1.807, 2.05) is 18.0 Å². The highest BCUT2D eigenvalue weighted by atomic mass is 79.9. The minimum Gasteiger partial charge on any atom is -0.372 e. The van der Waals surface area contributed by atoms with Crippen molar-refractivity contribution in [2.24, 2.45) is 0 Å². The molecule has 1 nitrogen and oxygen atoms in total. The molecule has 78 valence electrons. The molecule has 0 bridgehead atoms. The molecular formula is C11H15BrFN. The van der Waals surface area contributed by atoms with Crippen LogP contribution in [0, 0.1) is 5.82 Å². The van der Waals surface area contributed by atoms with Crippen molar-refractivity contribution in [1.29, 1.82) is 0 Å². The standard InChI is InChI=1S/C11H15BrFN/c1-3-4-7-14(2)11-6-5-9(12)8-10(11)13/h5-6,8H,3-4,7H2,1-2H3. The van der Waals surface area contributed by atoms with Gasteiger partial charge >= 0.3 is 0 Å². The molecule has 1 rings (SSSR count). The Labute approximate surface area is 93.0 Å². The molecular weight excluding hydrogens is 245 g/mol. The third-order valence-electron chi connectivity index (χ3n) is 2.17. The quantitative estimate of drug-likeness (QED) is 0.795. The SMILES string of the molecule is CCCCN(C)c1ccc(Br)cc1F. The minimum absolute atomic E-state index is 0.169. The normalized spacial score (nSPS) is 10.3. The zero-order valence-electron chi connectivity index (χ0n) is 8.56. The van der Waals surface area contributed by atoms with E-state index < -0.39 is 0 Å². The van der Waals surface area contributed by atoms with E-state index in [-0.39, 0.29) is 5.82 Å². The molecule has 0 unspecified atom stereocenters. The maximum atomic E-state index is 13.5. The van der Waals surface area contributed by atoms with Crippen LogP contribution in [0.15, 0.2) is 22.7 Å². The Morgan fingerprint density at radius 3 is 2.71 bits per heavy atom. The molecule has 0 saturated heterocycles. The van der Waals surface area contributed by atoms with Crippen LogP contribution in [0.1, 0.15) is 19.8 Å². The fourth-order valence-corrected chi connectivity index (χ4v) is 1.64. The zero-order chi connectivity index (χ0) is 10.6. The van der Waals surface area contributed by atoms with Gasteiger partial charge in [0.2, 0.25) is 0 Å². The van der Waals surface area contributed by atoms with Crippen LogP contribution in [-0.4, -0.2) is 13.6 Å². The Bertz CT molecular complexity index is 301. The summed E-state index contributed by atoms with van der Waals surface area (Å²) in [5.74, 6) is -0.169. The summed E-state index contributed by atoms with van der Waals surface area (Å²) in [7, 11) is 1.92. The highest BCUT2D eigenvalue weighted by Crippen LogP contribution is 2.22. The third kappa shape index (κ3) is 2.98. The average molecular weight is 260 g/mol. The molecule has 0 fully saturated rings. The van der Waals surface area contributed by atoms with Crippen LogP contribution in [-0.2, 0) is 0 Å². The van der Waals surface area contributed by atoms with Crippen molar-refractivity contribution in [3.8, 4) is 0 Å². The van der Waals surface area contributed by atoms with Crippen molar-refractivity contribution in [3.63, 3.8) is 0 Å². The van der Waals surface area contributed by atoms with E-state index in [2.05, 4.69) is 22.9 Å². The van der Waals surface area contributed by atoms with E-state index in [4.69, 9.17) is 0 Å². The molecule has 0 amide bonds. The van der Waals surface area contributed by atoms with Crippen LogP contribution >= 0.6 is 15.9 Å². The van der Waals surface area contributed by atoms with E-state index in [0.717, 1.165) is 23.9 Å². The molecule has 3 heteroatoms. The first kappa shape index (κ1) is 11.5. The zero-order valence-corrected chi connectivity index (χ0v) is 10.1. The van der Waals surface area contributed by atoms with Gasteiger partial charge in [0.15, 0.2) is 0 Å². The first-order valence-corrected chi connectivity index (χ1v) is 5.60. The second-order valence-electron chi connectivity index (χ2n) is 3.37. The first-order valence-electron chi connectivity index (χ1n) is 4.81. The molecule has 0 N–H and O–H groups in total. The maximum Gasteiger partial charge on any atom is 0.147 e. The van der Waals surface area contributed by atoms with Crippen LogP contribution < -0.4 is 4.90 Å². The van der Waals surface area contributed by atoms with Crippen LogP contribution in [0.25, 0.3) is 0 Å². The first-order chi connectivity index (χ1) is 6.65. The maximum absolute atomic E-state index is 13.5. The molecule has 0 aromatic heterocycles. The summed E-state index contributed by atoms with van der Waals surface area (Å²) in [5, 5.41) is 0. The van der Waals surface area contributed by atoms with Gasteiger partial charge in [0, 0.05) is 18.1 Å². The van der Waals surface area contributed by atoms with E-state index in [1.54, 1.807) is 6.07 Å². The van der Waals surface area contributed by atoms with E-state index in [0.29, 0.717) is 5.69 Å². The monoisotopic (exact) mass is 259 g/mol. The van der Waals surface area contributed by atoms with Gasteiger partial charge in [-0.3, -0.25) is 0 Å². The molecule has 1 aromatic carbocycles. The van der Waals surface area contributed by atoms with E-state index in [9.17, 15) is 4.39 Å². The van der Waals surface area contributed by atoms with Gasteiger partial charge in [-0.15, -0.1) is 0 Å². The summed E-state index contributed by atoms with van der Waals surface area (Å²) in [4.78, 5) is 1.95. The Kier molecular flexibility index (Phi) is 4.39. The van der Waals surface area contributed by atoms with Gasteiger partial charge < -0.3 is 4.90 Å². The lowest BCUT2D eigenvalue weighted by molar-refractivity contribution is 0.619. The third-order valence-corrected chi connectivity index (χ3v) is 2.66. The largest absolute Gasteiger partial charge is 0.372 e. The number of nitrogens with zero attached hydrogens (tertiary/aromatic N) is 1. The Balaban J connectivity index is 2.74. The van der Waals surface area contributed by atoms with Crippen molar-refractivity contribution in [3.05, 3.63) is 28.5 Å². The van der Waals surface area contributed by atoms with Gasteiger partial charge in [0.05, 0.1) is 5.69 Å². The molecule has 0 aliphatic rings. The van der Waals surface area contributed by atoms with Crippen molar-refractivity contribution in [1.82, 2.24) is 0 Å². The highest BCUT2D eigenvalue weighted by Gasteiger charge is 2.06. The molecule has 0 spiro atoms. The summed E-state index contributed by atoms with van der Waals surface area (Å²) >= 11 is 3.24. The summed E-state index contributed by atoms with van der Waals surface area (Å²) in [6, 6.07) is 5.16. The second-order valence-corrected chi connectivity index (χ2v) is 4.29. The summed E-state index contributed by atoms with van der Waals surface area (Å²) in [6.07, 6.45) is 2.22. The van der Waals surface area contributed by atoms with E-state index in [1.165, 1.54) is 6.07 Å². The minimum atomic E-state index is -0.169. The molecule has 1 aromatic rings. The fourth-order valence-electron chi connectivity index (χ4n) is 1.31. The topological polar surface area (TPSA) is 3.24 Å². The lowest BCUT2D eigenvalue weighted by Gasteiger charge is -2.19. The Hall–Kier alpha value is -0.570. The Morgan fingerprint density at radius 1 is 1.43 bits per heavy atom. The van der Waals surface area contributed by atoms with E-state index >= 15 is 0 Å². The molecule has 0 heterocycles. The highest BCUT2D eigenvalue weighted by molar-refractivity contribution is 9.10. The summed E-state index contributed by atoms with van der Waals surface area (Å²) in [6.45, 7) is 3.03. The molecule has 14 heavy (non-hydrogen) atoms. The predicted octanol–water partition coefficient (Wildman–Crippen LogP) is 3.82. The van der Waals surface area contributed by atoms with Crippen molar-refractivity contribution in [2.45, 2.75) is 19.8 Å². The number of hydrogen-bond acceptors (Lipinski definition) is 1. The van der Waals surface area contributed by atoms with Gasteiger partial charge in [0.25, 0.3) is 0 Å². The number of hydrogen-bond donors (Lipinski definition) is 0. The van der Waals surface area contributed by atoms with Crippen molar-refractivity contribution in [2.75, 3.05) is 18.5 Å². The predicted molar refractivity (Wildman–Crippen MR) is 62.3 cm³/mol. The molecule has 0 aliphatic heterocycles. The average Bonchev–Trinajstić information content (AvgIpc) is 2.14.